The fraction of sp³-hybridized carbons (Fsp3) is 0. The first-order chi connectivity index (χ1) is 22.8. The second-order valence-electron chi connectivity index (χ2n) is 12.1. The lowest BCUT2D eigenvalue weighted by Crippen LogP contribution is -1.98. The monoisotopic (exact) mass is 585 g/mol. The molecule has 0 aliphatic carbocycles. The third-order valence-electron chi connectivity index (χ3n) is 9.57. The van der Waals surface area contributed by atoms with Crippen LogP contribution < -0.4 is 4.74 Å². The van der Waals surface area contributed by atoms with Crippen LogP contribution in [0.15, 0.2) is 164 Å². The van der Waals surface area contributed by atoms with Gasteiger partial charge in [0.05, 0.1) is 11.0 Å². The Morgan fingerprint density at radius 1 is 0.370 bits per heavy atom. The van der Waals surface area contributed by atoms with Gasteiger partial charge in [-0.05, 0) is 63.4 Å². The van der Waals surface area contributed by atoms with Crippen molar-refractivity contribution in [3.05, 3.63) is 164 Å². The van der Waals surface area contributed by atoms with Gasteiger partial charge in [0.2, 0.25) is 0 Å². The largest absolute Gasteiger partial charge is 0.456 e. The van der Waals surface area contributed by atoms with E-state index in [9.17, 15) is 0 Å². The number of rotatable bonds is 3. The van der Waals surface area contributed by atoms with Crippen molar-refractivity contribution in [1.29, 1.82) is 0 Å². The van der Waals surface area contributed by atoms with Crippen molar-refractivity contribution in [3.63, 3.8) is 0 Å². The topological polar surface area (TPSA) is 14.2 Å². The Balaban J connectivity index is 1.26. The van der Waals surface area contributed by atoms with E-state index in [4.69, 9.17) is 4.74 Å². The first kappa shape index (κ1) is 25.2. The zero-order chi connectivity index (χ0) is 30.2. The SMILES string of the molecule is c1ccc(-n2c3c(-c4ccccc4-c4ccc5c(c4)-c4cccc6cccc(c46)O5)cccc3c3ccc4ccccc4c32)cc1. The summed E-state index contributed by atoms with van der Waals surface area (Å²) in [5.74, 6) is 1.81. The fourth-order valence-electron chi connectivity index (χ4n) is 7.58. The molecule has 0 spiro atoms. The van der Waals surface area contributed by atoms with Crippen LogP contribution >= 0.6 is 0 Å². The maximum atomic E-state index is 6.44. The van der Waals surface area contributed by atoms with Gasteiger partial charge in [0.15, 0.2) is 0 Å². The summed E-state index contributed by atoms with van der Waals surface area (Å²) in [5.41, 5.74) is 10.7. The minimum Gasteiger partial charge on any atom is -0.456 e. The van der Waals surface area contributed by atoms with Gasteiger partial charge in [0.1, 0.15) is 11.5 Å². The molecule has 0 amide bonds. The van der Waals surface area contributed by atoms with Gasteiger partial charge in [-0.2, -0.15) is 0 Å². The highest BCUT2D eigenvalue weighted by Crippen LogP contribution is 2.49. The Labute approximate surface area is 266 Å². The van der Waals surface area contributed by atoms with Crippen LogP contribution in [0.2, 0.25) is 0 Å². The maximum Gasteiger partial charge on any atom is 0.135 e. The number of hydrogen-bond acceptors (Lipinski definition) is 1. The molecule has 2 heteroatoms. The van der Waals surface area contributed by atoms with Crippen molar-refractivity contribution in [2.75, 3.05) is 0 Å². The Kier molecular flexibility index (Phi) is 5.31. The molecule has 9 aromatic rings. The zero-order valence-corrected chi connectivity index (χ0v) is 24.9. The lowest BCUT2D eigenvalue weighted by molar-refractivity contribution is 0.487. The van der Waals surface area contributed by atoms with Crippen LogP contribution in [0.25, 0.3) is 82.4 Å². The van der Waals surface area contributed by atoms with E-state index in [1.165, 1.54) is 71.2 Å². The lowest BCUT2D eigenvalue weighted by atomic mass is 9.89. The third-order valence-corrected chi connectivity index (χ3v) is 9.57. The second-order valence-corrected chi connectivity index (χ2v) is 12.1. The van der Waals surface area contributed by atoms with Crippen LogP contribution in [0.4, 0.5) is 0 Å². The number of benzene rings is 8. The van der Waals surface area contributed by atoms with Crippen LogP contribution in [-0.4, -0.2) is 4.57 Å². The van der Waals surface area contributed by atoms with Gasteiger partial charge in [-0.3, -0.25) is 0 Å². The van der Waals surface area contributed by atoms with Gasteiger partial charge in [0, 0.05) is 38.4 Å². The van der Waals surface area contributed by atoms with Gasteiger partial charge in [-0.1, -0.05) is 133 Å². The summed E-state index contributed by atoms with van der Waals surface area (Å²) >= 11 is 0. The predicted molar refractivity (Wildman–Crippen MR) is 192 cm³/mol. The molecular formula is C44H27NO. The van der Waals surface area contributed by atoms with E-state index in [0.29, 0.717) is 0 Å². The minimum atomic E-state index is 0.894. The summed E-state index contributed by atoms with van der Waals surface area (Å²) in [6.45, 7) is 0. The number of aromatic nitrogens is 1. The van der Waals surface area contributed by atoms with Crippen molar-refractivity contribution in [2.24, 2.45) is 0 Å². The van der Waals surface area contributed by atoms with Gasteiger partial charge in [-0.15, -0.1) is 0 Å². The standard InChI is InChI=1S/C44H27NO/c1-2-14-31(15-3-1)45-43-33-17-5-4-11-28(33)23-25-38(43)37-21-10-20-36(44(37)45)34-18-7-6-16-32(34)30-24-26-40-39(27-30)35-19-8-12-29-13-9-22-41(46-40)42(29)35/h1-27H. The zero-order valence-electron chi connectivity index (χ0n) is 24.9. The number of nitrogens with zero attached hydrogens (tertiary/aromatic N) is 1. The average Bonchev–Trinajstić information content (AvgIpc) is 3.47. The van der Waals surface area contributed by atoms with Crippen LogP contribution in [0.1, 0.15) is 0 Å². The van der Waals surface area contributed by atoms with Gasteiger partial charge in [-0.25, -0.2) is 0 Å². The average molecular weight is 586 g/mol. The van der Waals surface area contributed by atoms with Crippen molar-refractivity contribution in [2.45, 2.75) is 0 Å². The molecule has 46 heavy (non-hydrogen) atoms. The van der Waals surface area contributed by atoms with E-state index in [-0.39, 0.29) is 0 Å². The second kappa shape index (κ2) is 9.69. The molecule has 0 saturated carbocycles. The smallest absolute Gasteiger partial charge is 0.135 e. The number of hydrogen-bond donors (Lipinski definition) is 0. The molecular weight excluding hydrogens is 558 g/mol. The highest BCUT2D eigenvalue weighted by atomic mass is 16.5. The summed E-state index contributed by atoms with van der Waals surface area (Å²) in [6.07, 6.45) is 0. The highest BCUT2D eigenvalue weighted by molar-refractivity contribution is 6.21. The molecule has 8 aromatic carbocycles. The van der Waals surface area contributed by atoms with Crippen molar-refractivity contribution in [1.82, 2.24) is 4.57 Å². The number of fused-ring (bicyclic) bond motifs is 7. The Bertz CT molecular complexity index is 2660. The van der Waals surface area contributed by atoms with E-state index in [1.54, 1.807) is 0 Å². The van der Waals surface area contributed by atoms with Crippen LogP contribution in [-0.2, 0) is 0 Å². The molecule has 0 atom stereocenters. The first-order valence-corrected chi connectivity index (χ1v) is 15.8. The Morgan fingerprint density at radius 2 is 1.04 bits per heavy atom. The summed E-state index contributed by atoms with van der Waals surface area (Å²) in [6, 6.07) is 59.0. The molecule has 10 rings (SSSR count). The highest BCUT2D eigenvalue weighted by Gasteiger charge is 2.23. The third kappa shape index (κ3) is 3.59. The minimum absolute atomic E-state index is 0.894. The molecule has 0 unspecified atom stereocenters. The number of para-hydroxylation sites is 2. The van der Waals surface area contributed by atoms with E-state index in [2.05, 4.69) is 168 Å². The van der Waals surface area contributed by atoms with Gasteiger partial charge in [0.25, 0.3) is 0 Å². The quantitative estimate of drug-likeness (QED) is 0.201. The molecule has 0 bridgehead atoms. The van der Waals surface area contributed by atoms with Gasteiger partial charge >= 0.3 is 0 Å². The summed E-state index contributed by atoms with van der Waals surface area (Å²) in [7, 11) is 0. The molecule has 0 fully saturated rings. The molecule has 0 radical (unpaired) electrons. The first-order valence-electron chi connectivity index (χ1n) is 15.8. The molecule has 2 nitrogen and oxygen atoms in total. The molecule has 2 heterocycles. The van der Waals surface area contributed by atoms with E-state index in [1.807, 2.05) is 0 Å². The summed E-state index contributed by atoms with van der Waals surface area (Å²) in [5, 5.41) is 7.37. The van der Waals surface area contributed by atoms with Crippen LogP contribution in [0, 0.1) is 0 Å². The van der Waals surface area contributed by atoms with Crippen molar-refractivity contribution < 1.29 is 4.74 Å². The van der Waals surface area contributed by atoms with Crippen LogP contribution in [0.5, 0.6) is 11.5 Å². The van der Waals surface area contributed by atoms with Crippen molar-refractivity contribution >= 4 is 43.4 Å². The molecule has 1 aliphatic heterocycles. The molecule has 1 aliphatic rings. The summed E-state index contributed by atoms with van der Waals surface area (Å²) < 4.78 is 8.91. The summed E-state index contributed by atoms with van der Waals surface area (Å²) in [4.78, 5) is 0. The normalized spacial score (nSPS) is 12.1. The Hall–Kier alpha value is -6.12. The van der Waals surface area contributed by atoms with Crippen molar-refractivity contribution in [3.8, 4) is 50.6 Å². The van der Waals surface area contributed by atoms with Gasteiger partial charge < -0.3 is 9.30 Å². The van der Waals surface area contributed by atoms with E-state index < -0.39 is 0 Å². The Morgan fingerprint density at radius 3 is 1.96 bits per heavy atom. The molecule has 1 aromatic heterocycles. The van der Waals surface area contributed by atoms with E-state index in [0.717, 1.165) is 22.7 Å². The van der Waals surface area contributed by atoms with Crippen LogP contribution in [0.3, 0.4) is 0 Å². The number of ether oxygens (including phenoxy) is 1. The molecule has 214 valence electrons. The molecule has 0 saturated heterocycles. The predicted octanol–water partition coefficient (Wildman–Crippen LogP) is 12.2. The molecule has 0 N–H and O–H groups in total. The lowest BCUT2D eigenvalue weighted by Gasteiger charge is -2.22. The maximum absolute atomic E-state index is 6.44. The van der Waals surface area contributed by atoms with E-state index >= 15 is 0 Å². The fourth-order valence-corrected chi connectivity index (χ4v) is 7.58.